The van der Waals surface area contributed by atoms with E-state index in [0.29, 0.717) is 23.4 Å². The van der Waals surface area contributed by atoms with Crippen molar-refractivity contribution in [3.05, 3.63) is 57.6 Å². The highest BCUT2D eigenvalue weighted by Gasteiger charge is 2.25. The predicted octanol–water partition coefficient (Wildman–Crippen LogP) is 2.84. The maximum absolute atomic E-state index is 12.1. The molecule has 1 aliphatic carbocycles. The SMILES string of the molecule is O=c1c(NCc2ccc(Cl)cc2)nccn1C1CC1. The molecule has 1 aromatic carbocycles. The molecule has 19 heavy (non-hydrogen) atoms. The van der Waals surface area contributed by atoms with Crippen molar-refractivity contribution in [3.8, 4) is 0 Å². The van der Waals surface area contributed by atoms with Crippen molar-refractivity contribution < 1.29 is 0 Å². The minimum atomic E-state index is -0.0426. The Morgan fingerprint density at radius 3 is 2.74 bits per heavy atom. The molecule has 0 amide bonds. The van der Waals surface area contributed by atoms with Gasteiger partial charge in [-0.1, -0.05) is 23.7 Å². The Labute approximate surface area is 116 Å². The summed E-state index contributed by atoms with van der Waals surface area (Å²) >= 11 is 5.83. The van der Waals surface area contributed by atoms with Gasteiger partial charge in [-0.05, 0) is 30.5 Å². The third-order valence-corrected chi connectivity index (χ3v) is 3.43. The molecule has 3 rings (SSSR count). The zero-order valence-corrected chi connectivity index (χ0v) is 11.1. The molecule has 1 fully saturated rings. The molecule has 4 nitrogen and oxygen atoms in total. The summed E-state index contributed by atoms with van der Waals surface area (Å²) in [7, 11) is 0. The summed E-state index contributed by atoms with van der Waals surface area (Å²) in [5.74, 6) is 0.407. The zero-order valence-electron chi connectivity index (χ0n) is 10.3. The van der Waals surface area contributed by atoms with Gasteiger partial charge in [0.25, 0.3) is 5.56 Å². The van der Waals surface area contributed by atoms with Crippen molar-refractivity contribution >= 4 is 17.4 Å². The van der Waals surface area contributed by atoms with Crippen molar-refractivity contribution in [3.63, 3.8) is 0 Å². The predicted molar refractivity (Wildman–Crippen MR) is 75.5 cm³/mol. The molecule has 0 radical (unpaired) electrons. The number of anilines is 1. The molecule has 1 heterocycles. The van der Waals surface area contributed by atoms with Gasteiger partial charge in [-0.2, -0.15) is 0 Å². The summed E-state index contributed by atoms with van der Waals surface area (Å²) in [6, 6.07) is 7.89. The lowest BCUT2D eigenvalue weighted by Crippen LogP contribution is -2.23. The van der Waals surface area contributed by atoms with E-state index in [1.165, 1.54) is 0 Å². The third-order valence-electron chi connectivity index (χ3n) is 3.18. The molecular weight excluding hydrogens is 262 g/mol. The molecule has 1 aliphatic rings. The van der Waals surface area contributed by atoms with Crippen LogP contribution in [0.5, 0.6) is 0 Å². The van der Waals surface area contributed by atoms with Crippen LogP contribution >= 0.6 is 11.6 Å². The maximum Gasteiger partial charge on any atom is 0.293 e. The summed E-state index contributed by atoms with van der Waals surface area (Å²) in [6.45, 7) is 0.564. The van der Waals surface area contributed by atoms with E-state index in [0.717, 1.165) is 18.4 Å². The van der Waals surface area contributed by atoms with E-state index in [-0.39, 0.29) is 5.56 Å². The molecule has 0 spiro atoms. The number of nitrogens with one attached hydrogen (secondary N) is 1. The molecule has 2 aromatic rings. The van der Waals surface area contributed by atoms with Gasteiger partial charge >= 0.3 is 0 Å². The zero-order chi connectivity index (χ0) is 13.2. The fraction of sp³-hybridized carbons (Fsp3) is 0.286. The van der Waals surface area contributed by atoms with Crippen molar-refractivity contribution in [2.45, 2.75) is 25.4 Å². The highest BCUT2D eigenvalue weighted by molar-refractivity contribution is 6.30. The molecular formula is C14H14ClN3O. The smallest absolute Gasteiger partial charge is 0.293 e. The van der Waals surface area contributed by atoms with Crippen LogP contribution in [-0.2, 0) is 6.54 Å². The van der Waals surface area contributed by atoms with E-state index in [1.54, 1.807) is 17.0 Å². The second-order valence-corrected chi connectivity index (χ2v) is 5.14. The lowest BCUT2D eigenvalue weighted by molar-refractivity contribution is 0.699. The van der Waals surface area contributed by atoms with Gasteiger partial charge in [0.15, 0.2) is 5.82 Å². The first-order valence-electron chi connectivity index (χ1n) is 6.29. The standard InChI is InChI=1S/C14H14ClN3O/c15-11-3-1-10(2-4-11)9-17-13-14(19)18(8-7-16-13)12-5-6-12/h1-4,7-8,12H,5-6,9H2,(H,16,17). The fourth-order valence-electron chi connectivity index (χ4n) is 1.97. The summed E-state index contributed by atoms with van der Waals surface area (Å²) in [4.78, 5) is 16.3. The van der Waals surface area contributed by atoms with Crippen LogP contribution in [0.4, 0.5) is 5.82 Å². The molecule has 98 valence electrons. The molecule has 0 aliphatic heterocycles. The lowest BCUT2D eigenvalue weighted by Gasteiger charge is -2.08. The van der Waals surface area contributed by atoms with E-state index in [9.17, 15) is 4.79 Å². The maximum atomic E-state index is 12.1. The van der Waals surface area contributed by atoms with Gasteiger partial charge in [0.2, 0.25) is 0 Å². The van der Waals surface area contributed by atoms with Crippen LogP contribution in [0.3, 0.4) is 0 Å². The minimum absolute atomic E-state index is 0.0426. The summed E-state index contributed by atoms with van der Waals surface area (Å²) < 4.78 is 1.76. The molecule has 0 atom stereocenters. The highest BCUT2D eigenvalue weighted by atomic mass is 35.5. The second-order valence-electron chi connectivity index (χ2n) is 4.70. The van der Waals surface area contributed by atoms with Crippen LogP contribution in [0.15, 0.2) is 41.5 Å². The summed E-state index contributed by atoms with van der Waals surface area (Å²) in [5.41, 5.74) is 1.02. The van der Waals surface area contributed by atoms with Crippen LogP contribution in [0.2, 0.25) is 5.02 Å². The number of aromatic nitrogens is 2. The molecule has 1 saturated carbocycles. The quantitative estimate of drug-likeness (QED) is 0.933. The topological polar surface area (TPSA) is 46.9 Å². The molecule has 0 saturated heterocycles. The van der Waals surface area contributed by atoms with Crippen LogP contribution < -0.4 is 10.9 Å². The van der Waals surface area contributed by atoms with Gasteiger partial charge in [0.05, 0.1) is 0 Å². The number of hydrogen-bond donors (Lipinski definition) is 1. The number of halogens is 1. The van der Waals surface area contributed by atoms with Gasteiger partial charge in [0, 0.05) is 30.0 Å². The fourth-order valence-corrected chi connectivity index (χ4v) is 2.10. The minimum Gasteiger partial charge on any atom is -0.361 e. The second kappa shape index (κ2) is 5.05. The Morgan fingerprint density at radius 2 is 2.05 bits per heavy atom. The average molecular weight is 276 g/mol. The molecule has 1 N–H and O–H groups in total. The first kappa shape index (κ1) is 12.2. The van der Waals surface area contributed by atoms with Gasteiger partial charge < -0.3 is 9.88 Å². The number of hydrogen-bond acceptors (Lipinski definition) is 3. The van der Waals surface area contributed by atoms with Crippen molar-refractivity contribution in [2.75, 3.05) is 5.32 Å². The van der Waals surface area contributed by atoms with E-state index in [2.05, 4.69) is 10.3 Å². The molecule has 5 heteroatoms. The van der Waals surface area contributed by atoms with Gasteiger partial charge in [-0.15, -0.1) is 0 Å². The molecule has 1 aromatic heterocycles. The first-order valence-corrected chi connectivity index (χ1v) is 6.67. The number of nitrogens with zero attached hydrogens (tertiary/aromatic N) is 2. The van der Waals surface area contributed by atoms with Gasteiger partial charge in [0.1, 0.15) is 0 Å². The van der Waals surface area contributed by atoms with Gasteiger partial charge in [-0.3, -0.25) is 4.79 Å². The van der Waals surface area contributed by atoms with E-state index >= 15 is 0 Å². The van der Waals surface area contributed by atoms with Crippen molar-refractivity contribution in [2.24, 2.45) is 0 Å². The Balaban J connectivity index is 1.74. The lowest BCUT2D eigenvalue weighted by atomic mass is 10.2. The van der Waals surface area contributed by atoms with Crippen LogP contribution in [0, 0.1) is 0 Å². The number of rotatable bonds is 4. The van der Waals surface area contributed by atoms with E-state index < -0.39 is 0 Å². The Kier molecular flexibility index (Phi) is 3.25. The largest absolute Gasteiger partial charge is 0.361 e. The van der Waals surface area contributed by atoms with E-state index in [1.807, 2.05) is 24.3 Å². The Bertz CT molecular complexity index is 632. The average Bonchev–Trinajstić information content (AvgIpc) is 3.24. The summed E-state index contributed by atoms with van der Waals surface area (Å²) in [6.07, 6.45) is 5.60. The monoisotopic (exact) mass is 275 g/mol. The first-order chi connectivity index (χ1) is 9.24. The van der Waals surface area contributed by atoms with Crippen LogP contribution in [0.1, 0.15) is 24.4 Å². The molecule has 0 unspecified atom stereocenters. The van der Waals surface area contributed by atoms with E-state index in [4.69, 9.17) is 11.6 Å². The van der Waals surface area contributed by atoms with Crippen LogP contribution in [-0.4, -0.2) is 9.55 Å². The Morgan fingerprint density at radius 1 is 1.32 bits per heavy atom. The van der Waals surface area contributed by atoms with Gasteiger partial charge in [-0.25, -0.2) is 4.98 Å². The Hall–Kier alpha value is -1.81. The highest BCUT2D eigenvalue weighted by Crippen LogP contribution is 2.33. The number of benzene rings is 1. The van der Waals surface area contributed by atoms with Crippen molar-refractivity contribution in [1.82, 2.24) is 9.55 Å². The van der Waals surface area contributed by atoms with Crippen molar-refractivity contribution in [1.29, 1.82) is 0 Å². The third kappa shape index (κ3) is 2.79. The molecule has 0 bridgehead atoms. The van der Waals surface area contributed by atoms with Crippen LogP contribution in [0.25, 0.3) is 0 Å². The summed E-state index contributed by atoms with van der Waals surface area (Å²) in [5, 5.41) is 3.79. The normalized spacial score (nSPS) is 14.4.